The number of likely N-dealkylation sites (N-methyl/N-ethyl adjacent to an activating group) is 1. The van der Waals surface area contributed by atoms with Gasteiger partial charge in [0, 0.05) is 37.6 Å². The minimum atomic E-state index is -4.97. The van der Waals surface area contributed by atoms with E-state index in [2.05, 4.69) is 9.73 Å². The SMILES string of the molecule is CC[C@H](C)[C@@H](C(=O)O)N(C)n1c(-c2ccc(OC(F)(F)F)c(Cl)c2)csc1=NC(=O)Cc1c(C)oc2c1c(=O)n(C)c(=O)n2C. The number of carboxylic acid groups (broad SMARTS) is 1. The van der Waals surface area contributed by atoms with Gasteiger partial charge < -0.3 is 14.3 Å². The number of nitrogens with zero attached hydrogens (tertiary/aromatic N) is 5. The van der Waals surface area contributed by atoms with Crippen molar-refractivity contribution in [3.63, 3.8) is 0 Å². The normalized spacial score (nSPS) is 13.7. The van der Waals surface area contributed by atoms with E-state index in [1.165, 1.54) is 43.0 Å². The zero-order chi connectivity index (χ0) is 33.5. The minimum Gasteiger partial charge on any atom is -0.480 e. The van der Waals surface area contributed by atoms with E-state index in [0.29, 0.717) is 12.0 Å². The average Bonchev–Trinajstić information content (AvgIpc) is 3.51. The number of aromatic nitrogens is 3. The van der Waals surface area contributed by atoms with Gasteiger partial charge in [0.15, 0.2) is 0 Å². The topological polar surface area (TPSA) is 141 Å². The molecule has 3 aromatic heterocycles. The van der Waals surface area contributed by atoms with E-state index in [1.807, 2.05) is 6.92 Å². The molecule has 0 bridgehead atoms. The maximum atomic E-state index is 13.4. The molecule has 0 spiro atoms. The lowest BCUT2D eigenvalue weighted by molar-refractivity contribution is -0.274. The summed E-state index contributed by atoms with van der Waals surface area (Å²) < 4.78 is 51.5. The van der Waals surface area contributed by atoms with Gasteiger partial charge in [0.2, 0.25) is 10.5 Å². The van der Waals surface area contributed by atoms with Gasteiger partial charge in [0.1, 0.15) is 22.9 Å². The molecule has 1 amide bonds. The molecule has 4 aromatic rings. The Bertz CT molecular complexity index is 1990. The second-order valence-corrected chi connectivity index (χ2v) is 11.6. The van der Waals surface area contributed by atoms with Crippen molar-refractivity contribution in [2.45, 2.75) is 46.0 Å². The van der Waals surface area contributed by atoms with Crippen molar-refractivity contribution in [1.29, 1.82) is 0 Å². The second kappa shape index (κ2) is 12.6. The molecule has 2 atom stereocenters. The summed E-state index contributed by atoms with van der Waals surface area (Å²) in [6.07, 6.45) is -4.86. The van der Waals surface area contributed by atoms with Gasteiger partial charge in [-0.05, 0) is 31.0 Å². The third-order valence-electron chi connectivity index (χ3n) is 7.43. The number of furan rings is 1. The number of carbonyl (C=O) groups is 2. The number of aliphatic carboxylic acids is 1. The summed E-state index contributed by atoms with van der Waals surface area (Å²) in [5.41, 5.74) is -0.426. The number of halogens is 4. The van der Waals surface area contributed by atoms with Gasteiger partial charge in [-0.1, -0.05) is 31.9 Å². The Balaban J connectivity index is 1.87. The van der Waals surface area contributed by atoms with Crippen molar-refractivity contribution in [1.82, 2.24) is 13.8 Å². The molecule has 4 rings (SSSR count). The molecule has 1 aromatic carbocycles. The first-order valence-corrected chi connectivity index (χ1v) is 14.7. The van der Waals surface area contributed by atoms with Gasteiger partial charge in [0.05, 0.1) is 17.1 Å². The number of carbonyl (C=O) groups excluding carboxylic acids is 1. The number of ether oxygens (including phenoxy) is 1. The molecule has 0 saturated heterocycles. The number of aryl methyl sites for hydroxylation is 2. The number of alkyl halides is 3. The monoisotopic (exact) mass is 671 g/mol. The third kappa shape index (κ3) is 6.56. The van der Waals surface area contributed by atoms with Crippen LogP contribution in [0.2, 0.25) is 5.02 Å². The van der Waals surface area contributed by atoms with E-state index in [4.69, 9.17) is 16.0 Å². The molecule has 0 aliphatic heterocycles. The van der Waals surface area contributed by atoms with Crippen LogP contribution in [0.15, 0.2) is 42.6 Å². The molecule has 0 saturated carbocycles. The molecule has 0 radical (unpaired) electrons. The summed E-state index contributed by atoms with van der Waals surface area (Å²) >= 11 is 7.09. The summed E-state index contributed by atoms with van der Waals surface area (Å²) in [6.45, 7) is 5.10. The maximum Gasteiger partial charge on any atom is 0.573 e. The Hall–Kier alpha value is -4.31. The number of hydrogen-bond donors (Lipinski definition) is 1. The number of hydrogen-bond acceptors (Lipinski definition) is 8. The standard InChI is InChI=1S/C28H29ClF3N5O7S/c1-7-13(2)22(25(40)41)36(6)37-18(15-8-9-19(17(29)10-15)44-28(30,31)32)12-45-26(37)33-20(38)11-16-14(3)43-24-21(16)23(39)34(4)27(42)35(24)5/h8-10,12-13,22H,7,11H2,1-6H3,(H,40,41)/t13-,22-/m0/s1. The van der Waals surface area contributed by atoms with Gasteiger partial charge in [-0.15, -0.1) is 24.5 Å². The van der Waals surface area contributed by atoms with Crippen LogP contribution in [-0.4, -0.2) is 50.2 Å². The Kier molecular flexibility index (Phi) is 9.40. The van der Waals surface area contributed by atoms with Crippen LogP contribution in [-0.2, 0) is 30.1 Å². The van der Waals surface area contributed by atoms with Crippen LogP contribution in [0.1, 0.15) is 31.6 Å². The summed E-state index contributed by atoms with van der Waals surface area (Å²) in [5.74, 6) is -2.62. The first-order valence-electron chi connectivity index (χ1n) is 13.4. The van der Waals surface area contributed by atoms with E-state index in [9.17, 15) is 37.5 Å². The summed E-state index contributed by atoms with van der Waals surface area (Å²) in [4.78, 5) is 55.3. The molecule has 17 heteroatoms. The van der Waals surface area contributed by atoms with Crippen LogP contribution >= 0.6 is 22.9 Å². The highest BCUT2D eigenvalue weighted by atomic mass is 35.5. The second-order valence-electron chi connectivity index (χ2n) is 10.4. The zero-order valence-corrected chi connectivity index (χ0v) is 26.5. The first-order chi connectivity index (χ1) is 21.0. The van der Waals surface area contributed by atoms with Crippen LogP contribution in [0.25, 0.3) is 22.4 Å². The highest BCUT2D eigenvalue weighted by Crippen LogP contribution is 2.34. The minimum absolute atomic E-state index is 0.00397. The van der Waals surface area contributed by atoms with Crippen molar-refractivity contribution >= 4 is 45.9 Å². The fraction of sp³-hybridized carbons (Fsp3) is 0.393. The molecule has 242 valence electrons. The van der Waals surface area contributed by atoms with E-state index >= 15 is 0 Å². The lowest BCUT2D eigenvalue weighted by Gasteiger charge is -2.32. The van der Waals surface area contributed by atoms with Crippen LogP contribution in [0, 0.1) is 12.8 Å². The Morgan fingerprint density at radius 2 is 1.89 bits per heavy atom. The van der Waals surface area contributed by atoms with Crippen LogP contribution in [0.3, 0.4) is 0 Å². The quantitative estimate of drug-likeness (QED) is 0.282. The Labute approximate surface area is 262 Å². The van der Waals surface area contributed by atoms with E-state index < -0.39 is 41.3 Å². The number of carboxylic acids is 1. The lowest BCUT2D eigenvalue weighted by atomic mass is 9.99. The molecule has 0 aliphatic rings. The maximum absolute atomic E-state index is 13.4. The molecule has 1 N–H and O–H groups in total. The fourth-order valence-corrected chi connectivity index (χ4v) is 6.12. The van der Waals surface area contributed by atoms with Gasteiger partial charge in [-0.3, -0.25) is 23.7 Å². The Morgan fingerprint density at radius 1 is 1.22 bits per heavy atom. The van der Waals surface area contributed by atoms with Crippen molar-refractivity contribution in [2.24, 2.45) is 25.0 Å². The van der Waals surface area contributed by atoms with Crippen LogP contribution < -0.4 is 25.8 Å². The molecular weight excluding hydrogens is 643 g/mol. The van der Waals surface area contributed by atoms with E-state index in [-0.39, 0.29) is 50.3 Å². The lowest BCUT2D eigenvalue weighted by Crippen LogP contribution is -2.52. The number of thiazole rings is 1. The summed E-state index contributed by atoms with van der Waals surface area (Å²) in [7, 11) is 4.23. The first kappa shape index (κ1) is 33.6. The summed E-state index contributed by atoms with van der Waals surface area (Å²) in [5, 5.41) is 12.7. The number of amides is 1. The van der Waals surface area contributed by atoms with Gasteiger partial charge in [-0.25, -0.2) is 14.3 Å². The van der Waals surface area contributed by atoms with Gasteiger partial charge >= 0.3 is 18.0 Å². The molecule has 3 heterocycles. The predicted octanol–water partition coefficient (Wildman–Crippen LogP) is 3.96. The highest BCUT2D eigenvalue weighted by molar-refractivity contribution is 7.07. The molecule has 0 aliphatic carbocycles. The van der Waals surface area contributed by atoms with Crippen LogP contribution in [0.5, 0.6) is 5.75 Å². The molecular formula is C28H29ClF3N5O7S. The molecule has 0 fully saturated rings. The summed E-state index contributed by atoms with van der Waals surface area (Å²) in [6, 6.07) is 2.47. The van der Waals surface area contributed by atoms with Gasteiger partial charge in [-0.2, -0.15) is 4.99 Å². The van der Waals surface area contributed by atoms with Crippen molar-refractivity contribution < 1.29 is 37.0 Å². The van der Waals surface area contributed by atoms with Crippen LogP contribution in [0.4, 0.5) is 13.2 Å². The zero-order valence-electron chi connectivity index (χ0n) is 24.9. The van der Waals surface area contributed by atoms with Crippen molar-refractivity contribution in [3.05, 3.63) is 65.6 Å². The smallest absolute Gasteiger partial charge is 0.480 e. The third-order valence-corrected chi connectivity index (χ3v) is 8.54. The van der Waals surface area contributed by atoms with E-state index in [0.717, 1.165) is 26.5 Å². The van der Waals surface area contributed by atoms with Crippen molar-refractivity contribution in [3.8, 4) is 17.0 Å². The number of fused-ring (bicyclic) bond motifs is 1. The van der Waals surface area contributed by atoms with Crippen molar-refractivity contribution in [2.75, 3.05) is 12.1 Å². The number of rotatable bonds is 9. The fourth-order valence-electron chi connectivity index (χ4n) is 4.96. The predicted molar refractivity (Wildman–Crippen MR) is 160 cm³/mol. The largest absolute Gasteiger partial charge is 0.573 e. The van der Waals surface area contributed by atoms with E-state index in [1.54, 1.807) is 19.2 Å². The average molecular weight is 672 g/mol. The van der Waals surface area contributed by atoms with Gasteiger partial charge in [0.25, 0.3) is 11.5 Å². The molecule has 45 heavy (non-hydrogen) atoms. The highest BCUT2D eigenvalue weighted by Gasteiger charge is 2.33. The molecule has 12 nitrogen and oxygen atoms in total. The molecule has 0 unspecified atom stereocenters. The Morgan fingerprint density at radius 3 is 2.47 bits per heavy atom. The number of benzene rings is 1.